The number of hydrogen-bond donors (Lipinski definition) is 1. The first-order valence-electron chi connectivity index (χ1n) is 5.88. The molecule has 1 unspecified atom stereocenters. The van der Waals surface area contributed by atoms with E-state index in [0.717, 1.165) is 30.6 Å². The van der Waals surface area contributed by atoms with E-state index in [2.05, 4.69) is 5.32 Å². The summed E-state index contributed by atoms with van der Waals surface area (Å²) in [7, 11) is 1.82. The van der Waals surface area contributed by atoms with Crippen molar-refractivity contribution in [3.8, 4) is 0 Å². The van der Waals surface area contributed by atoms with E-state index >= 15 is 0 Å². The Morgan fingerprint density at radius 3 is 2.94 bits per heavy atom. The van der Waals surface area contributed by atoms with Crippen LogP contribution < -0.4 is 10.2 Å². The minimum absolute atomic E-state index is 0.0830. The van der Waals surface area contributed by atoms with E-state index in [1.54, 1.807) is 4.90 Å². The first-order chi connectivity index (χ1) is 8.13. The van der Waals surface area contributed by atoms with Crippen LogP contribution in [-0.2, 0) is 4.79 Å². The highest BCUT2D eigenvalue weighted by molar-refractivity contribution is 6.33. The molecule has 2 rings (SSSR count). The highest BCUT2D eigenvalue weighted by Gasteiger charge is 2.29. The average Bonchev–Trinajstić information content (AvgIpc) is 2.33. The number of amides is 1. The van der Waals surface area contributed by atoms with Crippen LogP contribution in [0.5, 0.6) is 0 Å². The summed E-state index contributed by atoms with van der Waals surface area (Å²) in [5.41, 5.74) is 1.94. The van der Waals surface area contributed by atoms with Crippen molar-refractivity contribution in [1.82, 2.24) is 5.32 Å². The van der Waals surface area contributed by atoms with Gasteiger partial charge >= 0.3 is 0 Å². The van der Waals surface area contributed by atoms with Gasteiger partial charge in [0.1, 0.15) is 0 Å². The smallest absolute Gasteiger partial charge is 0.244 e. The molecule has 1 atom stereocenters. The first kappa shape index (κ1) is 12.4. The average molecular weight is 253 g/mol. The predicted molar refractivity (Wildman–Crippen MR) is 70.6 cm³/mol. The molecule has 1 aromatic rings. The SMILES string of the molecule is CNC1CCCN(c2cc(C)ccc2Cl)C1=O. The van der Waals surface area contributed by atoms with Gasteiger partial charge in [-0.3, -0.25) is 4.79 Å². The van der Waals surface area contributed by atoms with E-state index in [1.165, 1.54) is 0 Å². The molecule has 1 aromatic carbocycles. The van der Waals surface area contributed by atoms with Gasteiger partial charge in [-0.05, 0) is 44.5 Å². The van der Waals surface area contributed by atoms with Gasteiger partial charge in [-0.25, -0.2) is 0 Å². The Morgan fingerprint density at radius 2 is 2.24 bits per heavy atom. The third-order valence-corrected chi connectivity index (χ3v) is 3.50. The summed E-state index contributed by atoms with van der Waals surface area (Å²) in [4.78, 5) is 14.0. The van der Waals surface area contributed by atoms with Crippen LogP contribution in [0.2, 0.25) is 5.02 Å². The van der Waals surface area contributed by atoms with Gasteiger partial charge in [0.05, 0.1) is 16.8 Å². The van der Waals surface area contributed by atoms with Gasteiger partial charge in [0.25, 0.3) is 0 Å². The lowest BCUT2D eigenvalue weighted by Crippen LogP contribution is -2.49. The Morgan fingerprint density at radius 1 is 1.47 bits per heavy atom. The maximum atomic E-state index is 12.2. The van der Waals surface area contributed by atoms with Crippen molar-refractivity contribution in [2.24, 2.45) is 0 Å². The molecule has 17 heavy (non-hydrogen) atoms. The summed E-state index contributed by atoms with van der Waals surface area (Å²) >= 11 is 6.17. The summed E-state index contributed by atoms with van der Waals surface area (Å²) in [6.07, 6.45) is 1.90. The van der Waals surface area contributed by atoms with Crippen LogP contribution in [0.4, 0.5) is 5.69 Å². The standard InChI is InChI=1S/C13H17ClN2O/c1-9-5-6-10(14)12(8-9)16-7-3-4-11(15-2)13(16)17/h5-6,8,11,15H,3-4,7H2,1-2H3. The van der Waals surface area contributed by atoms with Crippen LogP contribution in [0.25, 0.3) is 0 Å². The normalized spacial score (nSPS) is 20.8. The lowest BCUT2D eigenvalue weighted by molar-refractivity contribution is -0.121. The van der Waals surface area contributed by atoms with Gasteiger partial charge in [-0.1, -0.05) is 17.7 Å². The molecule has 1 amide bonds. The molecule has 0 aromatic heterocycles. The predicted octanol–water partition coefficient (Wildman–Crippen LogP) is 2.36. The zero-order chi connectivity index (χ0) is 12.4. The van der Waals surface area contributed by atoms with Crippen LogP contribution in [0.1, 0.15) is 18.4 Å². The number of likely N-dealkylation sites (N-methyl/N-ethyl adjacent to an activating group) is 1. The maximum absolute atomic E-state index is 12.2. The fraction of sp³-hybridized carbons (Fsp3) is 0.462. The summed E-state index contributed by atoms with van der Waals surface area (Å²) < 4.78 is 0. The third-order valence-electron chi connectivity index (χ3n) is 3.18. The van der Waals surface area contributed by atoms with Crippen molar-refractivity contribution in [3.63, 3.8) is 0 Å². The molecule has 1 aliphatic heterocycles. The topological polar surface area (TPSA) is 32.3 Å². The molecule has 3 nitrogen and oxygen atoms in total. The zero-order valence-electron chi connectivity index (χ0n) is 10.2. The van der Waals surface area contributed by atoms with Crippen LogP contribution in [0.3, 0.4) is 0 Å². The van der Waals surface area contributed by atoms with Crippen LogP contribution in [0.15, 0.2) is 18.2 Å². The molecule has 1 fully saturated rings. The van der Waals surface area contributed by atoms with E-state index in [4.69, 9.17) is 11.6 Å². The second-order valence-electron chi connectivity index (χ2n) is 4.43. The monoisotopic (exact) mass is 252 g/mol. The Hall–Kier alpha value is -1.06. The van der Waals surface area contributed by atoms with Crippen molar-refractivity contribution < 1.29 is 4.79 Å². The number of halogens is 1. The fourth-order valence-corrected chi connectivity index (χ4v) is 2.43. The second-order valence-corrected chi connectivity index (χ2v) is 4.84. The van der Waals surface area contributed by atoms with Gasteiger partial charge in [-0.2, -0.15) is 0 Å². The van der Waals surface area contributed by atoms with E-state index in [-0.39, 0.29) is 11.9 Å². The number of benzene rings is 1. The molecule has 1 saturated heterocycles. The number of nitrogens with zero attached hydrogens (tertiary/aromatic N) is 1. The van der Waals surface area contributed by atoms with Gasteiger partial charge in [-0.15, -0.1) is 0 Å². The lowest BCUT2D eigenvalue weighted by atomic mass is 10.0. The van der Waals surface area contributed by atoms with Crippen LogP contribution >= 0.6 is 11.6 Å². The number of piperidine rings is 1. The molecule has 4 heteroatoms. The fourth-order valence-electron chi connectivity index (χ4n) is 2.21. The van der Waals surface area contributed by atoms with E-state index in [9.17, 15) is 4.79 Å². The second kappa shape index (κ2) is 5.07. The first-order valence-corrected chi connectivity index (χ1v) is 6.26. The van der Waals surface area contributed by atoms with Crippen molar-refractivity contribution in [1.29, 1.82) is 0 Å². The number of hydrogen-bond acceptors (Lipinski definition) is 2. The van der Waals surface area contributed by atoms with E-state index in [0.29, 0.717) is 5.02 Å². The van der Waals surface area contributed by atoms with E-state index < -0.39 is 0 Å². The lowest BCUT2D eigenvalue weighted by Gasteiger charge is -2.32. The Kier molecular flexibility index (Phi) is 3.69. The molecule has 0 aliphatic carbocycles. The van der Waals surface area contributed by atoms with Crippen LogP contribution in [0, 0.1) is 6.92 Å². The molecule has 1 heterocycles. The quantitative estimate of drug-likeness (QED) is 0.877. The number of aryl methyl sites for hydroxylation is 1. The van der Waals surface area contributed by atoms with Gasteiger partial charge in [0, 0.05) is 6.54 Å². The molecule has 0 spiro atoms. The third kappa shape index (κ3) is 2.45. The van der Waals surface area contributed by atoms with Crippen molar-refractivity contribution >= 4 is 23.2 Å². The van der Waals surface area contributed by atoms with Gasteiger partial charge in [0.2, 0.25) is 5.91 Å². The number of nitrogens with one attached hydrogen (secondary N) is 1. The summed E-state index contributed by atoms with van der Waals surface area (Å²) in [6, 6.07) is 5.69. The molecule has 1 aliphatic rings. The summed E-state index contributed by atoms with van der Waals surface area (Å²) in [5, 5.41) is 3.69. The van der Waals surface area contributed by atoms with Crippen LogP contribution in [-0.4, -0.2) is 25.5 Å². The minimum atomic E-state index is -0.0830. The van der Waals surface area contributed by atoms with Gasteiger partial charge in [0.15, 0.2) is 0 Å². The number of rotatable bonds is 2. The Labute approximate surface area is 107 Å². The minimum Gasteiger partial charge on any atom is -0.310 e. The largest absolute Gasteiger partial charge is 0.310 e. The summed E-state index contributed by atoms with van der Waals surface area (Å²) in [5.74, 6) is 0.117. The molecular formula is C13H17ClN2O. The van der Waals surface area contributed by atoms with Crippen molar-refractivity contribution in [3.05, 3.63) is 28.8 Å². The molecular weight excluding hydrogens is 236 g/mol. The molecule has 1 N–H and O–H groups in total. The Balaban J connectivity index is 2.32. The molecule has 0 bridgehead atoms. The highest BCUT2D eigenvalue weighted by Crippen LogP contribution is 2.29. The number of carbonyl (C=O) groups is 1. The molecule has 0 saturated carbocycles. The zero-order valence-corrected chi connectivity index (χ0v) is 10.9. The number of carbonyl (C=O) groups excluding carboxylic acids is 1. The van der Waals surface area contributed by atoms with Gasteiger partial charge < -0.3 is 10.2 Å². The maximum Gasteiger partial charge on any atom is 0.244 e. The molecule has 92 valence electrons. The summed E-state index contributed by atoms with van der Waals surface area (Å²) in [6.45, 7) is 2.75. The Bertz CT molecular complexity index is 433. The van der Waals surface area contributed by atoms with E-state index in [1.807, 2.05) is 32.2 Å². The molecule has 0 radical (unpaired) electrons. The van der Waals surface area contributed by atoms with Crippen molar-refractivity contribution in [2.75, 3.05) is 18.5 Å². The highest BCUT2D eigenvalue weighted by atomic mass is 35.5. The number of anilines is 1. The van der Waals surface area contributed by atoms with Crippen molar-refractivity contribution in [2.45, 2.75) is 25.8 Å².